The molecule has 0 radical (unpaired) electrons. The van der Waals surface area contributed by atoms with Gasteiger partial charge in [-0.25, -0.2) is 0 Å². The summed E-state index contributed by atoms with van der Waals surface area (Å²) in [6, 6.07) is 3.27. The van der Waals surface area contributed by atoms with Crippen molar-refractivity contribution in [2.45, 2.75) is 0 Å². The van der Waals surface area contributed by atoms with Crippen LogP contribution in [0.1, 0.15) is 5.56 Å². The standard InChI is InChI=1S/C13H12Cl2N2O2S/c1-16-10(12(18)17(2)13(16)20)5-7-4-8(14)6-9(15)11(7)19-3/h4-6H,1-3H3/b10-5-. The third-order valence-electron chi connectivity index (χ3n) is 2.99. The van der Waals surface area contributed by atoms with Crippen LogP contribution in [0.5, 0.6) is 5.75 Å². The molecule has 7 heteroatoms. The highest BCUT2D eigenvalue weighted by atomic mass is 35.5. The summed E-state index contributed by atoms with van der Waals surface area (Å²) in [5.74, 6) is 0.279. The van der Waals surface area contributed by atoms with Gasteiger partial charge in [0.2, 0.25) is 0 Å². The average molecular weight is 331 g/mol. The van der Waals surface area contributed by atoms with Crippen molar-refractivity contribution in [1.29, 1.82) is 0 Å². The molecular formula is C13H12Cl2N2O2S. The highest BCUT2D eigenvalue weighted by molar-refractivity contribution is 7.80. The first-order chi connectivity index (χ1) is 9.36. The van der Waals surface area contributed by atoms with E-state index in [2.05, 4.69) is 0 Å². The third kappa shape index (κ3) is 2.49. The minimum absolute atomic E-state index is 0.185. The molecular weight excluding hydrogens is 319 g/mol. The molecule has 0 unspecified atom stereocenters. The second-order valence-electron chi connectivity index (χ2n) is 4.25. The quantitative estimate of drug-likeness (QED) is 0.616. The summed E-state index contributed by atoms with van der Waals surface area (Å²) in [7, 11) is 4.87. The minimum atomic E-state index is -0.185. The molecule has 1 fully saturated rings. The van der Waals surface area contributed by atoms with E-state index >= 15 is 0 Å². The van der Waals surface area contributed by atoms with Crippen LogP contribution in [0.4, 0.5) is 0 Å². The van der Waals surface area contributed by atoms with Gasteiger partial charge in [0.25, 0.3) is 5.91 Å². The van der Waals surface area contributed by atoms with Crippen molar-refractivity contribution in [3.05, 3.63) is 33.4 Å². The summed E-state index contributed by atoms with van der Waals surface area (Å²) in [6.07, 6.45) is 1.66. The predicted octanol–water partition coefficient (Wildman–Crippen LogP) is 3.03. The van der Waals surface area contributed by atoms with Gasteiger partial charge in [0.15, 0.2) is 5.11 Å². The van der Waals surface area contributed by atoms with E-state index in [0.29, 0.717) is 32.2 Å². The van der Waals surface area contributed by atoms with E-state index in [-0.39, 0.29) is 5.91 Å². The zero-order valence-electron chi connectivity index (χ0n) is 11.1. The van der Waals surface area contributed by atoms with Gasteiger partial charge in [0, 0.05) is 24.7 Å². The molecule has 1 heterocycles. The van der Waals surface area contributed by atoms with Crippen LogP contribution in [0.15, 0.2) is 17.8 Å². The first-order valence-electron chi connectivity index (χ1n) is 5.67. The lowest BCUT2D eigenvalue weighted by Crippen LogP contribution is -2.26. The van der Waals surface area contributed by atoms with Gasteiger partial charge in [-0.3, -0.25) is 9.69 Å². The number of carbonyl (C=O) groups is 1. The molecule has 2 rings (SSSR count). The van der Waals surface area contributed by atoms with E-state index in [4.69, 9.17) is 40.2 Å². The summed E-state index contributed by atoms with van der Waals surface area (Å²) < 4.78 is 5.25. The van der Waals surface area contributed by atoms with Crippen LogP contribution >= 0.6 is 35.4 Å². The van der Waals surface area contributed by atoms with E-state index in [9.17, 15) is 4.79 Å². The zero-order chi connectivity index (χ0) is 15.0. The molecule has 1 saturated heterocycles. The van der Waals surface area contributed by atoms with Gasteiger partial charge < -0.3 is 9.64 Å². The van der Waals surface area contributed by atoms with E-state index in [0.717, 1.165) is 0 Å². The maximum absolute atomic E-state index is 12.1. The van der Waals surface area contributed by atoms with Crippen LogP contribution < -0.4 is 4.74 Å². The molecule has 1 aromatic rings. The number of methoxy groups -OCH3 is 1. The number of nitrogens with zero attached hydrogens (tertiary/aromatic N) is 2. The van der Waals surface area contributed by atoms with Gasteiger partial charge in [-0.05, 0) is 30.4 Å². The predicted molar refractivity (Wildman–Crippen MR) is 84.1 cm³/mol. The highest BCUT2D eigenvalue weighted by Crippen LogP contribution is 2.34. The molecule has 1 aliphatic rings. The molecule has 0 N–H and O–H groups in total. The van der Waals surface area contributed by atoms with Crippen LogP contribution in [-0.4, -0.2) is 42.0 Å². The molecule has 1 aliphatic heterocycles. The van der Waals surface area contributed by atoms with Crippen LogP contribution in [0, 0.1) is 0 Å². The zero-order valence-corrected chi connectivity index (χ0v) is 13.4. The van der Waals surface area contributed by atoms with Gasteiger partial charge in [-0.1, -0.05) is 23.2 Å². The molecule has 0 spiro atoms. The summed E-state index contributed by atoms with van der Waals surface area (Å²) in [6.45, 7) is 0. The van der Waals surface area contributed by atoms with Gasteiger partial charge in [0.1, 0.15) is 11.4 Å². The summed E-state index contributed by atoms with van der Waals surface area (Å²) in [5, 5.41) is 1.29. The van der Waals surface area contributed by atoms with Gasteiger partial charge in [-0.2, -0.15) is 0 Å². The third-order valence-corrected chi connectivity index (χ3v) is 4.04. The monoisotopic (exact) mass is 330 g/mol. The summed E-state index contributed by atoms with van der Waals surface area (Å²) in [4.78, 5) is 15.2. The molecule has 0 aromatic heterocycles. The fourth-order valence-electron chi connectivity index (χ4n) is 1.94. The summed E-state index contributed by atoms with van der Waals surface area (Å²) in [5.41, 5.74) is 1.06. The molecule has 1 aromatic carbocycles. The Morgan fingerprint density at radius 3 is 2.40 bits per heavy atom. The topological polar surface area (TPSA) is 32.8 Å². The lowest BCUT2D eigenvalue weighted by Gasteiger charge is -2.12. The van der Waals surface area contributed by atoms with Gasteiger partial charge in [0.05, 0.1) is 12.1 Å². The first-order valence-corrected chi connectivity index (χ1v) is 6.83. The molecule has 0 saturated carbocycles. The number of carbonyl (C=O) groups excluding carboxylic acids is 1. The number of hydrogen-bond acceptors (Lipinski definition) is 3. The second kappa shape index (κ2) is 5.60. The summed E-state index contributed by atoms with van der Waals surface area (Å²) >= 11 is 17.2. The SMILES string of the molecule is COc1c(Cl)cc(Cl)cc1/C=C1/C(=O)N(C)C(=S)N1C. The molecule has 20 heavy (non-hydrogen) atoms. The molecule has 1 amide bonds. The van der Waals surface area contributed by atoms with Crippen molar-refractivity contribution in [1.82, 2.24) is 9.80 Å². The Morgan fingerprint density at radius 1 is 1.25 bits per heavy atom. The Kier molecular flexibility index (Phi) is 4.22. The maximum Gasteiger partial charge on any atom is 0.276 e. The van der Waals surface area contributed by atoms with E-state index < -0.39 is 0 Å². The minimum Gasteiger partial charge on any atom is -0.495 e. The van der Waals surface area contributed by atoms with Crippen LogP contribution in [0.2, 0.25) is 10.0 Å². The van der Waals surface area contributed by atoms with Crippen molar-refractivity contribution >= 4 is 52.5 Å². The van der Waals surface area contributed by atoms with Crippen LogP contribution in [-0.2, 0) is 4.79 Å². The average Bonchev–Trinajstić information content (AvgIpc) is 2.56. The number of likely N-dealkylation sites (N-methyl/N-ethyl adjacent to an activating group) is 2. The maximum atomic E-state index is 12.1. The number of thiocarbonyl (C=S) groups is 1. The van der Waals surface area contributed by atoms with Crippen LogP contribution in [0.3, 0.4) is 0 Å². The lowest BCUT2D eigenvalue weighted by molar-refractivity contribution is -0.121. The number of hydrogen-bond donors (Lipinski definition) is 0. The number of benzene rings is 1. The Bertz CT molecular complexity index is 631. The molecule has 0 atom stereocenters. The molecule has 0 aliphatic carbocycles. The number of ether oxygens (including phenoxy) is 1. The van der Waals surface area contributed by atoms with E-state index in [1.165, 1.54) is 12.0 Å². The van der Waals surface area contributed by atoms with Crippen LogP contribution in [0.25, 0.3) is 6.08 Å². The highest BCUT2D eigenvalue weighted by Gasteiger charge is 2.33. The molecule has 0 bridgehead atoms. The van der Waals surface area contributed by atoms with E-state index in [1.807, 2.05) is 0 Å². The Labute approximate surface area is 132 Å². The Hall–Kier alpha value is -1.30. The van der Waals surface area contributed by atoms with Crippen molar-refractivity contribution < 1.29 is 9.53 Å². The fraction of sp³-hybridized carbons (Fsp3) is 0.231. The van der Waals surface area contributed by atoms with Gasteiger partial charge in [-0.15, -0.1) is 0 Å². The van der Waals surface area contributed by atoms with Crippen molar-refractivity contribution in [2.75, 3.05) is 21.2 Å². The fourth-order valence-corrected chi connectivity index (χ4v) is 2.71. The molecule has 106 valence electrons. The number of amides is 1. The molecule has 4 nitrogen and oxygen atoms in total. The Morgan fingerprint density at radius 2 is 1.90 bits per heavy atom. The lowest BCUT2D eigenvalue weighted by atomic mass is 10.1. The van der Waals surface area contributed by atoms with Crippen molar-refractivity contribution in [3.63, 3.8) is 0 Å². The largest absolute Gasteiger partial charge is 0.495 e. The number of rotatable bonds is 2. The van der Waals surface area contributed by atoms with Crippen molar-refractivity contribution in [3.8, 4) is 5.75 Å². The smallest absolute Gasteiger partial charge is 0.276 e. The van der Waals surface area contributed by atoms with E-state index in [1.54, 1.807) is 37.2 Å². The second-order valence-corrected chi connectivity index (χ2v) is 5.45. The normalized spacial score (nSPS) is 17.4. The van der Waals surface area contributed by atoms with Gasteiger partial charge >= 0.3 is 0 Å². The Balaban J connectivity index is 2.56. The van der Waals surface area contributed by atoms with Crippen molar-refractivity contribution in [2.24, 2.45) is 0 Å². The number of halogens is 2. The first kappa shape index (κ1) is 15.1.